The first-order valence-electron chi connectivity index (χ1n) is 10.5. The Balaban J connectivity index is 1.44. The van der Waals surface area contributed by atoms with Crippen LogP contribution in [0, 0.1) is 0 Å². The number of benzene rings is 2. The van der Waals surface area contributed by atoms with Gasteiger partial charge in [-0.3, -0.25) is 14.5 Å². The van der Waals surface area contributed by atoms with Crippen molar-refractivity contribution in [3.63, 3.8) is 0 Å². The van der Waals surface area contributed by atoms with Crippen molar-refractivity contribution < 1.29 is 14.3 Å². The summed E-state index contributed by atoms with van der Waals surface area (Å²) in [5, 5.41) is 5.23. The highest BCUT2D eigenvalue weighted by Crippen LogP contribution is 2.29. The predicted octanol–water partition coefficient (Wildman–Crippen LogP) is 5.13. The van der Waals surface area contributed by atoms with Gasteiger partial charge in [-0.15, -0.1) is 11.3 Å². The van der Waals surface area contributed by atoms with E-state index in [0.717, 1.165) is 17.7 Å². The van der Waals surface area contributed by atoms with E-state index in [1.54, 1.807) is 11.0 Å². The summed E-state index contributed by atoms with van der Waals surface area (Å²) in [6.45, 7) is 4.61. The first kappa shape index (κ1) is 23.4. The van der Waals surface area contributed by atoms with Crippen molar-refractivity contribution in [1.29, 1.82) is 0 Å². The molecule has 1 unspecified atom stereocenters. The Labute approximate surface area is 192 Å². The van der Waals surface area contributed by atoms with Crippen LogP contribution in [0.3, 0.4) is 0 Å². The van der Waals surface area contributed by atoms with Gasteiger partial charge in [0, 0.05) is 31.5 Å². The van der Waals surface area contributed by atoms with Crippen LogP contribution >= 0.6 is 11.3 Å². The molecule has 0 spiro atoms. The van der Waals surface area contributed by atoms with E-state index in [4.69, 9.17) is 4.74 Å². The van der Waals surface area contributed by atoms with Gasteiger partial charge in [-0.1, -0.05) is 48.5 Å². The number of rotatable bonds is 10. The summed E-state index contributed by atoms with van der Waals surface area (Å²) in [5.74, 6) is -0.315. The van der Waals surface area contributed by atoms with Gasteiger partial charge in [0.25, 0.3) is 0 Å². The Morgan fingerprint density at radius 2 is 1.81 bits per heavy atom. The van der Waals surface area contributed by atoms with E-state index in [1.165, 1.54) is 24.3 Å². The van der Waals surface area contributed by atoms with Gasteiger partial charge in [0.1, 0.15) is 0 Å². The average molecular weight is 450 g/mol. The summed E-state index contributed by atoms with van der Waals surface area (Å²) in [7, 11) is 0. The monoisotopic (exact) mass is 449 g/mol. The molecule has 166 valence electrons. The molecule has 0 bridgehead atoms. The van der Waals surface area contributed by atoms with Crippen molar-refractivity contribution in [2.45, 2.75) is 26.4 Å². The maximum atomic E-state index is 12.1. The van der Waals surface area contributed by atoms with Crippen molar-refractivity contribution >= 4 is 40.0 Å². The summed E-state index contributed by atoms with van der Waals surface area (Å²) in [6.07, 6.45) is 3.85. The van der Waals surface area contributed by atoms with Gasteiger partial charge in [-0.2, -0.15) is 0 Å². The van der Waals surface area contributed by atoms with Crippen molar-refractivity contribution in [2.75, 3.05) is 18.1 Å². The Bertz CT molecular complexity index is 1030. The number of para-hydroxylation sites is 1. The Morgan fingerprint density at radius 1 is 1.12 bits per heavy atom. The molecule has 7 heteroatoms. The molecule has 6 nitrogen and oxygen atoms in total. The fourth-order valence-corrected chi connectivity index (χ4v) is 3.90. The van der Waals surface area contributed by atoms with Crippen LogP contribution in [0.5, 0.6) is 0 Å². The smallest absolute Gasteiger partial charge is 0.244 e. The Morgan fingerprint density at radius 3 is 2.50 bits per heavy atom. The summed E-state index contributed by atoms with van der Waals surface area (Å²) < 4.78 is 5.81. The first-order valence-corrected chi connectivity index (χ1v) is 11.4. The number of carbonyl (C=O) groups is 2. The fourth-order valence-electron chi connectivity index (χ4n) is 3.04. The molecule has 2 aromatic carbocycles. The summed E-state index contributed by atoms with van der Waals surface area (Å²) in [4.78, 5) is 30.2. The number of nitrogens with one attached hydrogen (secondary N) is 1. The Kier molecular flexibility index (Phi) is 8.71. The molecule has 0 radical (unpaired) electrons. The molecular weight excluding hydrogens is 422 g/mol. The number of aromatic nitrogens is 1. The van der Waals surface area contributed by atoms with Gasteiger partial charge in [-0.05, 0) is 37.1 Å². The number of anilines is 2. The molecular formula is C25H27N3O3S. The van der Waals surface area contributed by atoms with Crippen LogP contribution in [-0.2, 0) is 14.3 Å². The second kappa shape index (κ2) is 11.9. The number of nitrogens with zero attached hydrogens (tertiary/aromatic N) is 2. The molecule has 32 heavy (non-hydrogen) atoms. The van der Waals surface area contributed by atoms with Crippen LogP contribution in [0.2, 0.25) is 0 Å². The lowest BCUT2D eigenvalue weighted by atomic mass is 10.1. The lowest BCUT2D eigenvalue weighted by molar-refractivity contribution is -0.117. The van der Waals surface area contributed by atoms with Crippen molar-refractivity contribution in [3.8, 4) is 0 Å². The molecule has 1 aromatic heterocycles. The maximum Gasteiger partial charge on any atom is 0.244 e. The minimum Gasteiger partial charge on any atom is -0.374 e. The van der Waals surface area contributed by atoms with Crippen LogP contribution < -0.4 is 10.2 Å². The molecule has 2 amide bonds. The highest BCUT2D eigenvalue weighted by atomic mass is 32.1. The van der Waals surface area contributed by atoms with E-state index in [-0.39, 0.29) is 17.9 Å². The molecule has 1 heterocycles. The summed E-state index contributed by atoms with van der Waals surface area (Å²) in [5.41, 5.74) is 2.52. The molecule has 0 aliphatic heterocycles. The number of ether oxygens (including phenoxy) is 1. The van der Waals surface area contributed by atoms with Crippen molar-refractivity contribution in [2.24, 2.45) is 0 Å². The number of hydrogen-bond donors (Lipinski definition) is 1. The zero-order valence-electron chi connectivity index (χ0n) is 18.2. The number of hydrogen-bond acceptors (Lipinski definition) is 5. The van der Waals surface area contributed by atoms with Crippen molar-refractivity contribution in [1.82, 2.24) is 10.3 Å². The minimum absolute atomic E-state index is 0.0242. The molecule has 0 saturated heterocycles. The standard InChI is InChI=1S/C25H27N3O3S/c1-19(21-10-5-3-6-11-21)31-17-9-16-26-24(30)15-14-22-18-32-25(27-22)28(20(2)29)23-12-7-4-8-13-23/h3-8,10-15,18-19H,9,16-17H2,1-2H3,(H,26,30)/b15-14+. The van der Waals surface area contributed by atoms with Crippen molar-refractivity contribution in [3.05, 3.63) is 83.4 Å². The lowest BCUT2D eigenvalue weighted by Gasteiger charge is -2.17. The first-order chi connectivity index (χ1) is 15.5. The highest BCUT2D eigenvalue weighted by Gasteiger charge is 2.17. The van der Waals surface area contributed by atoms with E-state index < -0.39 is 0 Å². The molecule has 0 fully saturated rings. The molecule has 3 aromatic rings. The van der Waals surface area contributed by atoms with E-state index in [9.17, 15) is 9.59 Å². The number of amides is 2. The van der Waals surface area contributed by atoms with Gasteiger partial charge in [0.05, 0.1) is 17.5 Å². The van der Waals surface area contributed by atoms with Gasteiger partial charge >= 0.3 is 0 Å². The predicted molar refractivity (Wildman–Crippen MR) is 129 cm³/mol. The van der Waals surface area contributed by atoms with Crippen LogP contribution in [0.1, 0.15) is 37.6 Å². The van der Waals surface area contributed by atoms with Crippen LogP contribution in [0.4, 0.5) is 10.8 Å². The van der Waals surface area contributed by atoms with Crippen LogP contribution in [0.15, 0.2) is 72.1 Å². The Hall–Kier alpha value is -3.29. The highest BCUT2D eigenvalue weighted by molar-refractivity contribution is 7.14. The van der Waals surface area contributed by atoms with Gasteiger partial charge in [0.2, 0.25) is 11.8 Å². The molecule has 0 aliphatic rings. The topological polar surface area (TPSA) is 71.5 Å². The third-order valence-corrected chi connectivity index (χ3v) is 5.54. The van der Waals surface area contributed by atoms with Crippen LogP contribution in [0.25, 0.3) is 6.08 Å². The van der Waals surface area contributed by atoms with E-state index in [2.05, 4.69) is 10.3 Å². The quantitative estimate of drug-likeness (QED) is 0.344. The normalized spacial score (nSPS) is 11.9. The molecule has 0 aliphatic carbocycles. The minimum atomic E-state index is -0.192. The second-order valence-electron chi connectivity index (χ2n) is 7.15. The molecule has 3 rings (SSSR count). The molecule has 0 saturated carbocycles. The van der Waals surface area contributed by atoms with E-state index in [0.29, 0.717) is 24.0 Å². The zero-order chi connectivity index (χ0) is 22.8. The van der Waals surface area contributed by atoms with Gasteiger partial charge in [-0.25, -0.2) is 4.98 Å². The SMILES string of the molecule is CC(=O)N(c1ccccc1)c1nc(/C=C/C(=O)NCCCOC(C)c2ccccc2)cs1. The molecule has 1 N–H and O–H groups in total. The van der Waals surface area contributed by atoms with Gasteiger partial charge < -0.3 is 10.1 Å². The fraction of sp³-hybridized carbons (Fsp3) is 0.240. The van der Waals surface area contributed by atoms with Crippen LogP contribution in [-0.4, -0.2) is 29.9 Å². The number of carbonyl (C=O) groups excluding carboxylic acids is 2. The third kappa shape index (κ3) is 6.87. The summed E-state index contributed by atoms with van der Waals surface area (Å²) in [6, 6.07) is 19.4. The maximum absolute atomic E-state index is 12.1. The average Bonchev–Trinajstić information content (AvgIpc) is 3.27. The zero-order valence-corrected chi connectivity index (χ0v) is 19.0. The third-order valence-electron chi connectivity index (χ3n) is 4.69. The largest absolute Gasteiger partial charge is 0.374 e. The van der Waals surface area contributed by atoms with E-state index >= 15 is 0 Å². The lowest BCUT2D eigenvalue weighted by Crippen LogP contribution is -2.23. The summed E-state index contributed by atoms with van der Waals surface area (Å²) >= 11 is 1.35. The second-order valence-corrected chi connectivity index (χ2v) is 7.98. The molecule has 1 atom stereocenters. The van der Waals surface area contributed by atoms with Gasteiger partial charge in [0.15, 0.2) is 5.13 Å². The van der Waals surface area contributed by atoms with E-state index in [1.807, 2.05) is 73.0 Å². The number of thiazole rings is 1.